The maximum atomic E-state index is 12.1. The molecular weight excluding hydrogens is 346 g/mol. The normalized spacial score (nSPS) is 10.8. The Bertz CT molecular complexity index is 891. The first-order valence-electron chi connectivity index (χ1n) is 8.42. The standard InChI is InChI=1S/C20H21N3O2S/c1-13(2)17-5-4-16(10-14(17)3)25-11-19(24)23-20-22-18(12-26-20)15-6-8-21-9-7-15/h4-10,12-13H,11H2,1-3H3,(H,22,23,24). The van der Waals surface area contributed by atoms with Crippen molar-refractivity contribution in [3.8, 4) is 17.0 Å². The van der Waals surface area contributed by atoms with Crippen LogP contribution in [0.15, 0.2) is 48.1 Å². The van der Waals surface area contributed by atoms with Crippen LogP contribution in [0.2, 0.25) is 0 Å². The van der Waals surface area contributed by atoms with E-state index in [9.17, 15) is 4.79 Å². The Morgan fingerprint density at radius 2 is 2.00 bits per heavy atom. The summed E-state index contributed by atoms with van der Waals surface area (Å²) >= 11 is 1.38. The number of aryl methyl sites for hydroxylation is 1. The van der Waals surface area contributed by atoms with Gasteiger partial charge in [0.25, 0.3) is 5.91 Å². The molecule has 2 heterocycles. The van der Waals surface area contributed by atoms with Gasteiger partial charge in [-0.05, 0) is 48.2 Å². The van der Waals surface area contributed by atoms with Crippen LogP contribution in [0.25, 0.3) is 11.3 Å². The van der Waals surface area contributed by atoms with Gasteiger partial charge in [-0.15, -0.1) is 11.3 Å². The molecule has 2 aromatic heterocycles. The zero-order chi connectivity index (χ0) is 18.5. The van der Waals surface area contributed by atoms with Gasteiger partial charge in [-0.1, -0.05) is 19.9 Å². The Hall–Kier alpha value is -2.73. The summed E-state index contributed by atoms with van der Waals surface area (Å²) in [5, 5.41) is 5.23. The fourth-order valence-corrected chi connectivity index (χ4v) is 3.41. The highest BCUT2D eigenvalue weighted by molar-refractivity contribution is 7.14. The predicted octanol–water partition coefficient (Wildman–Crippen LogP) is 4.65. The topological polar surface area (TPSA) is 64.1 Å². The van der Waals surface area contributed by atoms with Crippen molar-refractivity contribution in [2.45, 2.75) is 26.7 Å². The van der Waals surface area contributed by atoms with Crippen LogP contribution in [-0.4, -0.2) is 22.5 Å². The Balaban J connectivity index is 1.56. The van der Waals surface area contributed by atoms with Gasteiger partial charge in [0.15, 0.2) is 11.7 Å². The quantitative estimate of drug-likeness (QED) is 0.688. The Kier molecular flexibility index (Phi) is 5.63. The second-order valence-electron chi connectivity index (χ2n) is 6.28. The lowest BCUT2D eigenvalue weighted by Crippen LogP contribution is -2.20. The first kappa shape index (κ1) is 18.1. The van der Waals surface area contributed by atoms with E-state index < -0.39 is 0 Å². The van der Waals surface area contributed by atoms with Gasteiger partial charge in [-0.2, -0.15) is 0 Å². The number of rotatable bonds is 6. The molecule has 5 nitrogen and oxygen atoms in total. The Morgan fingerprint density at radius 1 is 1.23 bits per heavy atom. The summed E-state index contributed by atoms with van der Waals surface area (Å²) in [6, 6.07) is 9.68. The van der Waals surface area contributed by atoms with Crippen LogP contribution < -0.4 is 10.1 Å². The first-order valence-corrected chi connectivity index (χ1v) is 9.30. The zero-order valence-electron chi connectivity index (χ0n) is 15.0. The van der Waals surface area contributed by atoms with Crippen LogP contribution in [0, 0.1) is 6.92 Å². The number of carbonyl (C=O) groups excluding carboxylic acids is 1. The smallest absolute Gasteiger partial charge is 0.264 e. The van der Waals surface area contributed by atoms with E-state index in [2.05, 4.69) is 42.1 Å². The van der Waals surface area contributed by atoms with E-state index in [0.717, 1.165) is 11.3 Å². The Labute approximate surface area is 157 Å². The molecule has 0 fully saturated rings. The molecule has 3 aromatic rings. The maximum absolute atomic E-state index is 12.1. The molecule has 0 radical (unpaired) electrons. The molecule has 0 aliphatic carbocycles. The molecule has 0 spiro atoms. The SMILES string of the molecule is Cc1cc(OCC(=O)Nc2nc(-c3ccncc3)cs2)ccc1C(C)C. The fourth-order valence-electron chi connectivity index (χ4n) is 2.68. The predicted molar refractivity (Wildman–Crippen MR) is 105 cm³/mol. The number of hydrogen-bond donors (Lipinski definition) is 1. The highest BCUT2D eigenvalue weighted by Crippen LogP contribution is 2.25. The van der Waals surface area contributed by atoms with Gasteiger partial charge >= 0.3 is 0 Å². The van der Waals surface area contributed by atoms with E-state index >= 15 is 0 Å². The van der Waals surface area contributed by atoms with Crippen LogP contribution >= 0.6 is 11.3 Å². The average Bonchev–Trinajstić information content (AvgIpc) is 3.09. The molecule has 0 saturated heterocycles. The monoisotopic (exact) mass is 367 g/mol. The second kappa shape index (κ2) is 8.10. The van der Waals surface area contributed by atoms with Crippen LogP contribution in [0.4, 0.5) is 5.13 Å². The molecule has 134 valence electrons. The van der Waals surface area contributed by atoms with E-state index in [1.807, 2.05) is 29.6 Å². The van der Waals surface area contributed by atoms with Crippen LogP contribution in [0.1, 0.15) is 30.9 Å². The Morgan fingerprint density at radius 3 is 2.69 bits per heavy atom. The van der Waals surface area contributed by atoms with Gasteiger partial charge in [-0.3, -0.25) is 15.1 Å². The number of thiazole rings is 1. The van der Waals surface area contributed by atoms with Crippen LogP contribution in [-0.2, 0) is 4.79 Å². The van der Waals surface area contributed by atoms with Crippen molar-refractivity contribution in [1.29, 1.82) is 0 Å². The lowest BCUT2D eigenvalue weighted by Gasteiger charge is -2.12. The molecule has 1 aromatic carbocycles. The molecule has 0 atom stereocenters. The largest absolute Gasteiger partial charge is 0.484 e. The molecule has 6 heteroatoms. The molecule has 0 saturated carbocycles. The van der Waals surface area contributed by atoms with E-state index in [0.29, 0.717) is 16.8 Å². The molecule has 0 unspecified atom stereocenters. The number of amides is 1. The minimum absolute atomic E-state index is 0.0510. The first-order chi connectivity index (χ1) is 12.5. The fraction of sp³-hybridized carbons (Fsp3) is 0.250. The highest BCUT2D eigenvalue weighted by atomic mass is 32.1. The lowest BCUT2D eigenvalue weighted by atomic mass is 9.98. The van der Waals surface area contributed by atoms with E-state index in [1.54, 1.807) is 12.4 Å². The van der Waals surface area contributed by atoms with Crippen molar-refractivity contribution in [3.63, 3.8) is 0 Å². The number of hydrogen-bond acceptors (Lipinski definition) is 5. The summed E-state index contributed by atoms with van der Waals surface area (Å²) in [6.07, 6.45) is 3.43. The summed E-state index contributed by atoms with van der Waals surface area (Å²) in [5.74, 6) is 0.928. The van der Waals surface area contributed by atoms with E-state index in [4.69, 9.17) is 4.74 Å². The third-order valence-electron chi connectivity index (χ3n) is 3.96. The maximum Gasteiger partial charge on any atom is 0.264 e. The van der Waals surface area contributed by atoms with Crippen molar-refractivity contribution in [1.82, 2.24) is 9.97 Å². The molecule has 3 rings (SSSR count). The molecule has 26 heavy (non-hydrogen) atoms. The summed E-state index contributed by atoms with van der Waals surface area (Å²) in [7, 11) is 0. The van der Waals surface area contributed by atoms with Crippen molar-refractivity contribution < 1.29 is 9.53 Å². The average molecular weight is 367 g/mol. The van der Waals surface area contributed by atoms with Gasteiger partial charge in [0.05, 0.1) is 5.69 Å². The minimum Gasteiger partial charge on any atom is -0.484 e. The molecule has 1 amide bonds. The second-order valence-corrected chi connectivity index (χ2v) is 7.14. The summed E-state index contributed by atoms with van der Waals surface area (Å²) in [6.45, 7) is 6.32. The van der Waals surface area contributed by atoms with Gasteiger partial charge in [0, 0.05) is 23.3 Å². The number of anilines is 1. The summed E-state index contributed by atoms with van der Waals surface area (Å²) < 4.78 is 5.60. The number of nitrogens with zero attached hydrogens (tertiary/aromatic N) is 2. The van der Waals surface area contributed by atoms with Gasteiger partial charge in [0.2, 0.25) is 0 Å². The number of pyridine rings is 1. The minimum atomic E-state index is -0.230. The number of nitrogens with one attached hydrogen (secondary N) is 1. The summed E-state index contributed by atoms with van der Waals surface area (Å²) in [4.78, 5) is 20.5. The number of carbonyl (C=O) groups is 1. The van der Waals surface area contributed by atoms with Gasteiger partial charge in [0.1, 0.15) is 5.75 Å². The third kappa shape index (κ3) is 4.46. The van der Waals surface area contributed by atoms with E-state index in [1.165, 1.54) is 22.5 Å². The zero-order valence-corrected chi connectivity index (χ0v) is 15.8. The van der Waals surface area contributed by atoms with Crippen molar-refractivity contribution in [2.75, 3.05) is 11.9 Å². The third-order valence-corrected chi connectivity index (χ3v) is 4.72. The molecule has 0 aliphatic heterocycles. The highest BCUT2D eigenvalue weighted by Gasteiger charge is 2.10. The van der Waals surface area contributed by atoms with Crippen molar-refractivity contribution >= 4 is 22.4 Å². The molecular formula is C20H21N3O2S. The van der Waals surface area contributed by atoms with Crippen LogP contribution in [0.5, 0.6) is 5.75 Å². The van der Waals surface area contributed by atoms with E-state index in [-0.39, 0.29) is 12.5 Å². The summed E-state index contributed by atoms with van der Waals surface area (Å²) in [5.41, 5.74) is 4.23. The van der Waals surface area contributed by atoms with Gasteiger partial charge in [-0.25, -0.2) is 4.98 Å². The van der Waals surface area contributed by atoms with Crippen LogP contribution in [0.3, 0.4) is 0 Å². The molecule has 0 bridgehead atoms. The molecule has 0 aliphatic rings. The number of aromatic nitrogens is 2. The lowest BCUT2D eigenvalue weighted by molar-refractivity contribution is -0.118. The van der Waals surface area contributed by atoms with Gasteiger partial charge < -0.3 is 4.74 Å². The number of benzene rings is 1. The number of ether oxygens (including phenoxy) is 1. The van der Waals surface area contributed by atoms with Crippen molar-refractivity contribution in [2.24, 2.45) is 0 Å². The van der Waals surface area contributed by atoms with Crippen molar-refractivity contribution in [3.05, 3.63) is 59.2 Å². The molecule has 1 N–H and O–H groups in total.